The highest BCUT2D eigenvalue weighted by molar-refractivity contribution is 5.91. The molecule has 3 atom stereocenters. The molecule has 1 aliphatic carbocycles. The quantitative estimate of drug-likeness (QED) is 0.377. The van der Waals surface area contributed by atoms with Crippen LogP contribution in [0.15, 0.2) is 30.3 Å². The number of hydrogen-bond acceptors (Lipinski definition) is 5. The molecule has 210 valence electrons. The molecule has 0 spiro atoms. The topological polar surface area (TPSA) is 128 Å². The van der Waals surface area contributed by atoms with Crippen LogP contribution >= 0.6 is 0 Å². The molecule has 2 fully saturated rings. The molecule has 1 heterocycles. The number of carbonyl (C=O) groups excluding carboxylic acids is 3. The molecule has 3 rings (SSSR count). The third-order valence-corrected chi connectivity index (χ3v) is 7.80. The van der Waals surface area contributed by atoms with Crippen LogP contribution in [0, 0.1) is 5.92 Å². The third kappa shape index (κ3) is 8.72. The lowest BCUT2D eigenvalue weighted by molar-refractivity contribution is -0.172. The largest absolute Gasteiger partial charge is 0.465 e. The SMILES string of the molecule is CON(C)C(=O)C(CCC(=O)N1CCCC(c2ccccc2)C1)NC(=O)C(CC1CCCCC1)NC(=O)O. The first-order valence-electron chi connectivity index (χ1n) is 13.7. The van der Waals surface area contributed by atoms with Gasteiger partial charge in [0.15, 0.2) is 0 Å². The molecule has 3 N–H and O–H groups in total. The zero-order chi connectivity index (χ0) is 27.5. The van der Waals surface area contributed by atoms with Crippen molar-refractivity contribution in [3.05, 3.63) is 35.9 Å². The van der Waals surface area contributed by atoms with Crippen molar-refractivity contribution in [3.8, 4) is 0 Å². The first kappa shape index (κ1) is 29.4. The number of amides is 4. The number of nitrogens with zero attached hydrogens (tertiary/aromatic N) is 2. The van der Waals surface area contributed by atoms with Crippen LogP contribution in [0.25, 0.3) is 0 Å². The molecule has 10 nitrogen and oxygen atoms in total. The number of likely N-dealkylation sites (tertiary alicyclic amines) is 1. The first-order valence-corrected chi connectivity index (χ1v) is 13.7. The Morgan fingerprint density at radius 2 is 1.74 bits per heavy atom. The lowest BCUT2D eigenvalue weighted by atomic mass is 9.84. The van der Waals surface area contributed by atoms with Gasteiger partial charge in [-0.05, 0) is 37.2 Å². The predicted octanol–water partition coefficient (Wildman–Crippen LogP) is 3.28. The minimum atomic E-state index is -1.29. The van der Waals surface area contributed by atoms with E-state index in [-0.39, 0.29) is 30.6 Å². The first-order chi connectivity index (χ1) is 18.3. The highest BCUT2D eigenvalue weighted by Crippen LogP contribution is 2.28. The number of piperidine rings is 1. The summed E-state index contributed by atoms with van der Waals surface area (Å²) in [5.41, 5.74) is 1.21. The molecule has 1 aliphatic heterocycles. The Morgan fingerprint density at radius 3 is 2.39 bits per heavy atom. The highest BCUT2D eigenvalue weighted by Gasteiger charge is 2.32. The summed E-state index contributed by atoms with van der Waals surface area (Å²) in [4.78, 5) is 57.6. The highest BCUT2D eigenvalue weighted by atomic mass is 16.7. The van der Waals surface area contributed by atoms with Gasteiger partial charge in [-0.2, -0.15) is 0 Å². The van der Waals surface area contributed by atoms with Gasteiger partial charge in [-0.15, -0.1) is 0 Å². The van der Waals surface area contributed by atoms with Crippen LogP contribution in [0.5, 0.6) is 0 Å². The van der Waals surface area contributed by atoms with Gasteiger partial charge in [-0.1, -0.05) is 62.4 Å². The van der Waals surface area contributed by atoms with E-state index in [1.54, 1.807) is 0 Å². The van der Waals surface area contributed by atoms with E-state index in [4.69, 9.17) is 4.84 Å². The summed E-state index contributed by atoms with van der Waals surface area (Å²) in [5, 5.41) is 15.4. The van der Waals surface area contributed by atoms with Gasteiger partial charge in [0.1, 0.15) is 12.1 Å². The van der Waals surface area contributed by atoms with E-state index >= 15 is 0 Å². The van der Waals surface area contributed by atoms with Crippen LogP contribution in [0.2, 0.25) is 0 Å². The second-order valence-corrected chi connectivity index (χ2v) is 10.4. The zero-order valence-corrected chi connectivity index (χ0v) is 22.6. The number of hydrogen-bond donors (Lipinski definition) is 3. The third-order valence-electron chi connectivity index (χ3n) is 7.80. The number of carboxylic acid groups (broad SMARTS) is 1. The van der Waals surface area contributed by atoms with E-state index in [1.165, 1.54) is 19.7 Å². The maximum atomic E-state index is 13.2. The monoisotopic (exact) mass is 530 g/mol. The molecule has 38 heavy (non-hydrogen) atoms. The van der Waals surface area contributed by atoms with E-state index in [9.17, 15) is 24.3 Å². The van der Waals surface area contributed by atoms with E-state index in [0.717, 1.165) is 50.0 Å². The molecule has 2 aliphatic rings. The molecular weight excluding hydrogens is 488 g/mol. The van der Waals surface area contributed by atoms with Crippen molar-refractivity contribution in [3.63, 3.8) is 0 Å². The fourth-order valence-corrected chi connectivity index (χ4v) is 5.60. The van der Waals surface area contributed by atoms with E-state index < -0.39 is 30.0 Å². The molecule has 0 radical (unpaired) electrons. The lowest BCUT2D eigenvalue weighted by Crippen LogP contribution is -2.54. The summed E-state index contributed by atoms with van der Waals surface area (Å²) in [7, 11) is 2.78. The Bertz CT molecular complexity index is 937. The van der Waals surface area contributed by atoms with Crippen molar-refractivity contribution < 1.29 is 29.1 Å². The fraction of sp³-hybridized carbons (Fsp3) is 0.643. The average Bonchev–Trinajstić information content (AvgIpc) is 2.94. The predicted molar refractivity (Wildman–Crippen MR) is 142 cm³/mol. The Labute approximate surface area is 225 Å². The van der Waals surface area contributed by atoms with Crippen LogP contribution in [-0.4, -0.2) is 78.2 Å². The van der Waals surface area contributed by atoms with Gasteiger partial charge in [0, 0.05) is 32.5 Å². The van der Waals surface area contributed by atoms with Crippen LogP contribution in [-0.2, 0) is 19.2 Å². The zero-order valence-electron chi connectivity index (χ0n) is 22.6. The number of likely N-dealkylation sites (N-methyl/N-ethyl adjacent to an activating group) is 1. The number of benzene rings is 1. The van der Waals surface area contributed by atoms with Crippen LogP contribution in [0.3, 0.4) is 0 Å². The van der Waals surface area contributed by atoms with E-state index in [2.05, 4.69) is 22.8 Å². The summed E-state index contributed by atoms with van der Waals surface area (Å²) in [5.74, 6) is -0.606. The molecule has 1 aromatic rings. The van der Waals surface area contributed by atoms with Crippen molar-refractivity contribution in [2.45, 2.75) is 82.2 Å². The Hall–Kier alpha value is -3.14. The number of rotatable bonds is 11. The normalized spacial score (nSPS) is 19.7. The molecule has 1 aromatic carbocycles. The molecule has 0 aromatic heterocycles. The van der Waals surface area contributed by atoms with Crippen LogP contribution < -0.4 is 10.6 Å². The van der Waals surface area contributed by atoms with Crippen molar-refractivity contribution in [1.29, 1.82) is 0 Å². The van der Waals surface area contributed by atoms with Gasteiger partial charge in [0.25, 0.3) is 5.91 Å². The van der Waals surface area contributed by atoms with Crippen molar-refractivity contribution in [2.75, 3.05) is 27.2 Å². The molecule has 4 amide bonds. The van der Waals surface area contributed by atoms with Crippen molar-refractivity contribution >= 4 is 23.8 Å². The second-order valence-electron chi connectivity index (χ2n) is 10.4. The molecule has 0 bridgehead atoms. The molecule has 1 saturated heterocycles. The van der Waals surface area contributed by atoms with Crippen molar-refractivity contribution in [2.24, 2.45) is 5.92 Å². The van der Waals surface area contributed by atoms with Gasteiger partial charge in [0.05, 0.1) is 7.11 Å². The van der Waals surface area contributed by atoms with Crippen molar-refractivity contribution in [1.82, 2.24) is 20.6 Å². The fourth-order valence-electron chi connectivity index (χ4n) is 5.60. The Kier molecular flexibility index (Phi) is 11.4. The number of hydroxylamine groups is 2. The van der Waals surface area contributed by atoms with Crippen LogP contribution in [0.1, 0.15) is 75.7 Å². The van der Waals surface area contributed by atoms with E-state index in [1.807, 2.05) is 23.1 Å². The molecular formula is C28H42N4O6. The summed E-state index contributed by atoms with van der Waals surface area (Å²) < 4.78 is 0. The second kappa shape index (κ2) is 14.7. The van der Waals surface area contributed by atoms with Crippen LogP contribution in [0.4, 0.5) is 4.79 Å². The Morgan fingerprint density at radius 1 is 1.03 bits per heavy atom. The molecule has 1 saturated carbocycles. The maximum absolute atomic E-state index is 13.2. The summed E-state index contributed by atoms with van der Waals surface area (Å²) in [6.07, 6.45) is 6.37. The minimum absolute atomic E-state index is 0.0693. The van der Waals surface area contributed by atoms with Gasteiger partial charge in [0.2, 0.25) is 11.8 Å². The average molecular weight is 531 g/mol. The summed E-state index contributed by atoms with van der Waals surface area (Å²) >= 11 is 0. The van der Waals surface area contributed by atoms with Gasteiger partial charge in [-0.3, -0.25) is 19.2 Å². The smallest absolute Gasteiger partial charge is 0.405 e. The Balaban J connectivity index is 1.63. The number of carbonyl (C=O) groups is 4. The van der Waals surface area contributed by atoms with E-state index in [0.29, 0.717) is 19.5 Å². The standard InChI is InChI=1S/C28H42N4O6/c1-31(38-2)27(35)23(29-26(34)24(30-28(36)37)18-20-10-5-3-6-11-20)15-16-25(33)32-17-9-14-22(19-32)21-12-7-4-8-13-21/h4,7-8,12-13,20,22-24,30H,3,5-6,9-11,14-19H2,1-2H3,(H,29,34)(H,36,37). The van der Waals surface area contributed by atoms with Gasteiger partial charge >= 0.3 is 6.09 Å². The molecule has 3 unspecified atom stereocenters. The maximum Gasteiger partial charge on any atom is 0.405 e. The summed E-state index contributed by atoms with van der Waals surface area (Å²) in [6, 6.07) is 8.16. The van der Waals surface area contributed by atoms with Gasteiger partial charge in [-0.25, -0.2) is 9.86 Å². The minimum Gasteiger partial charge on any atom is -0.465 e. The lowest BCUT2D eigenvalue weighted by Gasteiger charge is -2.33. The summed E-state index contributed by atoms with van der Waals surface area (Å²) in [6.45, 7) is 1.29. The molecule has 10 heteroatoms. The van der Waals surface area contributed by atoms with Gasteiger partial charge < -0.3 is 20.6 Å². The number of nitrogens with one attached hydrogen (secondary N) is 2.